The maximum absolute atomic E-state index is 4.84. The highest BCUT2D eigenvalue weighted by atomic mass is 15.4. The van der Waals surface area contributed by atoms with Gasteiger partial charge in [0.1, 0.15) is 0 Å². The first-order chi connectivity index (χ1) is 11.3. The average Bonchev–Trinajstić information content (AvgIpc) is 2.89. The monoisotopic (exact) mass is 326 g/mol. The van der Waals surface area contributed by atoms with Crippen LogP contribution in [-0.2, 0) is 19.5 Å². The van der Waals surface area contributed by atoms with Gasteiger partial charge in [-0.25, -0.2) is 4.68 Å². The molecule has 0 bridgehead atoms. The van der Waals surface area contributed by atoms with Gasteiger partial charge in [0.05, 0.1) is 29.8 Å². The minimum absolute atomic E-state index is 0.189. The SMILES string of the molecule is CC1Cc2c(nnn2CC(C)(C)C)C(C)C1=NCc1cnccn1. The molecular weight excluding hydrogens is 300 g/mol. The third-order valence-electron chi connectivity index (χ3n) is 4.39. The Bertz CT molecular complexity index is 726. The van der Waals surface area contributed by atoms with Crippen molar-refractivity contribution in [2.24, 2.45) is 16.3 Å². The lowest BCUT2D eigenvalue weighted by molar-refractivity contribution is 0.314. The van der Waals surface area contributed by atoms with Crippen LogP contribution in [0.4, 0.5) is 0 Å². The summed E-state index contributed by atoms with van der Waals surface area (Å²) >= 11 is 0. The lowest BCUT2D eigenvalue weighted by Crippen LogP contribution is -2.29. The Kier molecular flexibility index (Phi) is 4.47. The molecule has 0 aromatic carbocycles. The minimum atomic E-state index is 0.189. The Morgan fingerprint density at radius 2 is 2.04 bits per heavy atom. The van der Waals surface area contributed by atoms with Crippen molar-refractivity contribution in [3.63, 3.8) is 0 Å². The van der Waals surface area contributed by atoms with E-state index < -0.39 is 0 Å². The van der Waals surface area contributed by atoms with Crippen LogP contribution in [0.2, 0.25) is 0 Å². The number of hydrogen-bond donors (Lipinski definition) is 0. The Labute approximate surface area is 143 Å². The van der Waals surface area contributed by atoms with Gasteiger partial charge in [-0.3, -0.25) is 15.0 Å². The van der Waals surface area contributed by atoms with Crippen LogP contribution in [0.15, 0.2) is 23.6 Å². The average molecular weight is 326 g/mol. The zero-order valence-corrected chi connectivity index (χ0v) is 15.2. The van der Waals surface area contributed by atoms with Gasteiger partial charge in [-0.05, 0) is 11.8 Å². The molecule has 2 atom stereocenters. The van der Waals surface area contributed by atoms with E-state index in [2.05, 4.69) is 59.6 Å². The fourth-order valence-electron chi connectivity index (χ4n) is 3.31. The van der Waals surface area contributed by atoms with E-state index in [9.17, 15) is 0 Å². The number of fused-ring (bicyclic) bond motifs is 1. The summed E-state index contributed by atoms with van der Waals surface area (Å²) in [6, 6.07) is 0. The van der Waals surface area contributed by atoms with Crippen LogP contribution in [0.5, 0.6) is 0 Å². The van der Waals surface area contributed by atoms with Gasteiger partial charge in [0.25, 0.3) is 0 Å². The maximum atomic E-state index is 4.84. The molecule has 3 rings (SSSR count). The van der Waals surface area contributed by atoms with Crippen molar-refractivity contribution in [3.8, 4) is 0 Å². The van der Waals surface area contributed by atoms with Crippen LogP contribution in [0.25, 0.3) is 0 Å². The van der Waals surface area contributed by atoms with E-state index >= 15 is 0 Å². The molecule has 6 heteroatoms. The summed E-state index contributed by atoms with van der Waals surface area (Å²) in [5, 5.41) is 8.88. The Morgan fingerprint density at radius 1 is 1.25 bits per heavy atom. The standard InChI is InChI=1S/C18H26N6/c1-12-8-15-17(22-23-24(15)11-18(3,4)5)13(2)16(12)21-10-14-9-19-6-7-20-14/h6-7,9,12-13H,8,10-11H2,1-5H3. The number of nitrogens with zero attached hydrogens (tertiary/aromatic N) is 6. The van der Waals surface area contributed by atoms with Crippen LogP contribution >= 0.6 is 0 Å². The van der Waals surface area contributed by atoms with Gasteiger partial charge in [-0.1, -0.05) is 39.8 Å². The van der Waals surface area contributed by atoms with E-state index in [4.69, 9.17) is 4.99 Å². The highest BCUT2D eigenvalue weighted by molar-refractivity contribution is 5.93. The van der Waals surface area contributed by atoms with Crippen molar-refractivity contribution in [1.82, 2.24) is 25.0 Å². The summed E-state index contributed by atoms with van der Waals surface area (Å²) in [6.45, 7) is 12.6. The molecule has 0 fully saturated rings. The van der Waals surface area contributed by atoms with Crippen LogP contribution < -0.4 is 0 Å². The van der Waals surface area contributed by atoms with Gasteiger partial charge in [0, 0.05) is 36.5 Å². The van der Waals surface area contributed by atoms with Gasteiger partial charge in [0.2, 0.25) is 0 Å². The number of hydrogen-bond acceptors (Lipinski definition) is 5. The van der Waals surface area contributed by atoms with Gasteiger partial charge in [-0.2, -0.15) is 0 Å². The normalized spacial score (nSPS) is 22.6. The summed E-state index contributed by atoms with van der Waals surface area (Å²) in [6.07, 6.45) is 6.11. The first-order valence-corrected chi connectivity index (χ1v) is 8.56. The molecule has 24 heavy (non-hydrogen) atoms. The summed E-state index contributed by atoms with van der Waals surface area (Å²) in [7, 11) is 0. The molecule has 1 aliphatic rings. The van der Waals surface area contributed by atoms with Crippen LogP contribution in [0.1, 0.15) is 57.6 Å². The van der Waals surface area contributed by atoms with Gasteiger partial charge >= 0.3 is 0 Å². The molecular formula is C18H26N6. The predicted octanol–water partition coefficient (Wildman–Crippen LogP) is 3.05. The molecule has 2 aromatic heterocycles. The number of rotatable bonds is 3. The maximum Gasteiger partial charge on any atom is 0.0943 e. The largest absolute Gasteiger partial charge is 0.287 e. The van der Waals surface area contributed by atoms with E-state index in [1.807, 2.05) is 0 Å². The fourth-order valence-corrected chi connectivity index (χ4v) is 3.31. The first-order valence-electron chi connectivity index (χ1n) is 8.56. The summed E-state index contributed by atoms with van der Waals surface area (Å²) in [4.78, 5) is 13.2. The Balaban J connectivity index is 1.84. The van der Waals surface area contributed by atoms with Crippen molar-refractivity contribution in [3.05, 3.63) is 35.7 Å². The topological polar surface area (TPSA) is 68.8 Å². The second-order valence-electron chi connectivity index (χ2n) is 7.90. The molecule has 6 nitrogen and oxygen atoms in total. The van der Waals surface area contributed by atoms with E-state index in [0.29, 0.717) is 12.5 Å². The third kappa shape index (κ3) is 3.52. The lowest BCUT2D eigenvalue weighted by Gasteiger charge is -2.28. The molecule has 0 spiro atoms. The molecule has 2 aromatic rings. The lowest BCUT2D eigenvalue weighted by atomic mass is 9.81. The first kappa shape index (κ1) is 16.7. The van der Waals surface area contributed by atoms with Gasteiger partial charge in [-0.15, -0.1) is 5.10 Å². The Morgan fingerprint density at radius 3 is 2.71 bits per heavy atom. The molecule has 0 amide bonds. The zero-order chi connectivity index (χ0) is 17.3. The predicted molar refractivity (Wildman–Crippen MR) is 93.9 cm³/mol. The second kappa shape index (κ2) is 6.42. The summed E-state index contributed by atoms with van der Waals surface area (Å²) < 4.78 is 2.09. The van der Waals surface area contributed by atoms with Crippen molar-refractivity contribution in [1.29, 1.82) is 0 Å². The van der Waals surface area contributed by atoms with Gasteiger partial charge < -0.3 is 0 Å². The Hall–Kier alpha value is -2.11. The number of aromatic nitrogens is 5. The van der Waals surface area contributed by atoms with E-state index in [0.717, 1.165) is 24.4 Å². The van der Waals surface area contributed by atoms with Crippen LogP contribution in [0, 0.1) is 11.3 Å². The van der Waals surface area contributed by atoms with Crippen LogP contribution in [0.3, 0.4) is 0 Å². The molecule has 0 radical (unpaired) electrons. The summed E-state index contributed by atoms with van der Waals surface area (Å²) in [5.74, 6) is 0.593. The molecule has 1 aliphatic carbocycles. The molecule has 0 aliphatic heterocycles. The molecule has 2 unspecified atom stereocenters. The quantitative estimate of drug-likeness (QED) is 0.869. The zero-order valence-electron chi connectivity index (χ0n) is 15.2. The van der Waals surface area contributed by atoms with E-state index in [1.165, 1.54) is 11.4 Å². The number of aliphatic imine (C=N–C) groups is 1. The molecule has 0 N–H and O–H groups in total. The second-order valence-corrected chi connectivity index (χ2v) is 7.90. The summed E-state index contributed by atoms with van der Waals surface area (Å²) in [5.41, 5.74) is 4.62. The van der Waals surface area contributed by atoms with Crippen molar-refractivity contribution < 1.29 is 0 Å². The van der Waals surface area contributed by atoms with E-state index in [1.54, 1.807) is 18.6 Å². The highest BCUT2D eigenvalue weighted by Crippen LogP contribution is 2.32. The van der Waals surface area contributed by atoms with Crippen molar-refractivity contribution in [2.45, 2.75) is 60.0 Å². The van der Waals surface area contributed by atoms with Crippen molar-refractivity contribution in [2.75, 3.05) is 0 Å². The van der Waals surface area contributed by atoms with E-state index in [-0.39, 0.29) is 11.3 Å². The molecule has 2 heterocycles. The van der Waals surface area contributed by atoms with Gasteiger partial charge in [0.15, 0.2) is 0 Å². The smallest absolute Gasteiger partial charge is 0.0943 e. The van der Waals surface area contributed by atoms with Crippen LogP contribution in [-0.4, -0.2) is 30.7 Å². The third-order valence-corrected chi connectivity index (χ3v) is 4.39. The van der Waals surface area contributed by atoms with Crippen molar-refractivity contribution >= 4 is 5.71 Å². The highest BCUT2D eigenvalue weighted by Gasteiger charge is 2.33. The minimum Gasteiger partial charge on any atom is -0.287 e. The fraction of sp³-hybridized carbons (Fsp3) is 0.611. The molecule has 0 saturated carbocycles. The molecule has 0 saturated heterocycles. The molecule has 128 valence electrons.